The van der Waals surface area contributed by atoms with E-state index < -0.39 is 24.2 Å². The van der Waals surface area contributed by atoms with Crippen LogP contribution in [0.1, 0.15) is 5.56 Å². The minimum Gasteiger partial charge on any atom is -0.467 e. The zero-order valence-electron chi connectivity index (χ0n) is 10.3. The second-order valence-corrected chi connectivity index (χ2v) is 4.07. The molecule has 2 rings (SSSR count). The van der Waals surface area contributed by atoms with E-state index in [1.54, 1.807) is 0 Å². The van der Waals surface area contributed by atoms with Crippen LogP contribution in [-0.2, 0) is 25.6 Å². The standard InChI is InChI=1S/C13H13NO5/c1-18-12(16)11-10(8-15)19-13(17)14(11)7-9-5-3-2-4-6-9/h2-6,8,10-11H,7H2,1H3/t10-,11+/m0/s1. The van der Waals surface area contributed by atoms with Crippen LogP contribution < -0.4 is 0 Å². The van der Waals surface area contributed by atoms with Crippen LogP contribution in [0, 0.1) is 0 Å². The van der Waals surface area contributed by atoms with Gasteiger partial charge in [0.25, 0.3) is 0 Å². The fourth-order valence-electron chi connectivity index (χ4n) is 1.97. The number of benzene rings is 1. The van der Waals surface area contributed by atoms with Crippen LogP contribution >= 0.6 is 0 Å². The van der Waals surface area contributed by atoms with Gasteiger partial charge in [0.05, 0.1) is 13.7 Å². The van der Waals surface area contributed by atoms with Crippen molar-refractivity contribution in [3.8, 4) is 0 Å². The second kappa shape index (κ2) is 5.51. The molecule has 6 heteroatoms. The quantitative estimate of drug-likeness (QED) is 0.592. The molecule has 19 heavy (non-hydrogen) atoms. The van der Waals surface area contributed by atoms with E-state index in [4.69, 9.17) is 4.74 Å². The van der Waals surface area contributed by atoms with Crippen molar-refractivity contribution in [3.63, 3.8) is 0 Å². The van der Waals surface area contributed by atoms with Crippen LogP contribution in [0.3, 0.4) is 0 Å². The topological polar surface area (TPSA) is 72.9 Å². The number of amides is 1. The van der Waals surface area contributed by atoms with Gasteiger partial charge < -0.3 is 9.47 Å². The van der Waals surface area contributed by atoms with Gasteiger partial charge in [0, 0.05) is 0 Å². The molecule has 0 N–H and O–H groups in total. The normalized spacial score (nSPS) is 21.9. The van der Waals surface area contributed by atoms with E-state index >= 15 is 0 Å². The van der Waals surface area contributed by atoms with E-state index in [0.717, 1.165) is 5.56 Å². The van der Waals surface area contributed by atoms with Crippen LogP contribution in [0.25, 0.3) is 0 Å². The van der Waals surface area contributed by atoms with Crippen LogP contribution in [0.15, 0.2) is 30.3 Å². The summed E-state index contributed by atoms with van der Waals surface area (Å²) in [5, 5.41) is 0. The molecule has 0 aromatic heterocycles. The number of ether oxygens (including phenoxy) is 2. The first-order chi connectivity index (χ1) is 9.17. The molecule has 1 heterocycles. The molecule has 1 aliphatic rings. The summed E-state index contributed by atoms with van der Waals surface area (Å²) in [6.45, 7) is 0.184. The van der Waals surface area contributed by atoms with Gasteiger partial charge in [-0.3, -0.25) is 9.69 Å². The van der Waals surface area contributed by atoms with Crippen molar-refractivity contribution in [3.05, 3.63) is 35.9 Å². The Morgan fingerprint density at radius 3 is 2.68 bits per heavy atom. The number of rotatable bonds is 4. The predicted molar refractivity (Wildman–Crippen MR) is 64.1 cm³/mol. The van der Waals surface area contributed by atoms with E-state index in [0.29, 0.717) is 6.29 Å². The fraction of sp³-hybridized carbons (Fsp3) is 0.308. The SMILES string of the molecule is COC(=O)[C@H]1[C@H](C=O)OC(=O)N1Cc1ccccc1. The summed E-state index contributed by atoms with van der Waals surface area (Å²) >= 11 is 0. The lowest BCUT2D eigenvalue weighted by atomic mass is 10.1. The first-order valence-corrected chi connectivity index (χ1v) is 5.71. The number of esters is 1. The van der Waals surface area contributed by atoms with Crippen molar-refractivity contribution in [2.24, 2.45) is 0 Å². The summed E-state index contributed by atoms with van der Waals surface area (Å²) in [6.07, 6.45) is -1.38. The van der Waals surface area contributed by atoms with Gasteiger partial charge in [0.1, 0.15) is 0 Å². The van der Waals surface area contributed by atoms with E-state index in [9.17, 15) is 14.4 Å². The number of methoxy groups -OCH3 is 1. The van der Waals surface area contributed by atoms with Gasteiger partial charge in [0.15, 0.2) is 18.4 Å². The van der Waals surface area contributed by atoms with Gasteiger partial charge in [-0.2, -0.15) is 0 Å². The molecule has 0 spiro atoms. The van der Waals surface area contributed by atoms with Gasteiger partial charge in [-0.1, -0.05) is 30.3 Å². The summed E-state index contributed by atoms with van der Waals surface area (Å²) in [5.41, 5.74) is 0.833. The van der Waals surface area contributed by atoms with Gasteiger partial charge in [0.2, 0.25) is 0 Å². The van der Waals surface area contributed by atoms with Crippen molar-refractivity contribution in [1.29, 1.82) is 0 Å². The van der Waals surface area contributed by atoms with Crippen molar-refractivity contribution in [1.82, 2.24) is 4.90 Å². The molecule has 1 saturated heterocycles. The monoisotopic (exact) mass is 263 g/mol. The molecule has 0 radical (unpaired) electrons. The zero-order chi connectivity index (χ0) is 13.8. The summed E-state index contributed by atoms with van der Waals surface area (Å²) in [5.74, 6) is -0.668. The molecule has 0 unspecified atom stereocenters. The van der Waals surface area contributed by atoms with E-state index in [2.05, 4.69) is 4.74 Å². The molecule has 1 aromatic rings. The molecule has 0 aliphatic carbocycles. The van der Waals surface area contributed by atoms with E-state index in [-0.39, 0.29) is 6.54 Å². The number of cyclic esters (lactones) is 1. The Morgan fingerprint density at radius 1 is 1.42 bits per heavy atom. The lowest BCUT2D eigenvalue weighted by Crippen LogP contribution is -2.43. The third-order valence-electron chi connectivity index (χ3n) is 2.89. The Hall–Kier alpha value is -2.37. The second-order valence-electron chi connectivity index (χ2n) is 4.07. The fourth-order valence-corrected chi connectivity index (χ4v) is 1.97. The lowest BCUT2D eigenvalue weighted by Gasteiger charge is -2.20. The smallest absolute Gasteiger partial charge is 0.411 e. The molecule has 6 nitrogen and oxygen atoms in total. The number of nitrogens with zero attached hydrogens (tertiary/aromatic N) is 1. The Balaban J connectivity index is 2.23. The Labute approximate surface area is 109 Å². The van der Waals surface area contributed by atoms with Gasteiger partial charge >= 0.3 is 12.1 Å². The van der Waals surface area contributed by atoms with Crippen molar-refractivity contribution in [2.45, 2.75) is 18.7 Å². The Bertz CT molecular complexity index is 487. The highest BCUT2D eigenvalue weighted by molar-refractivity contribution is 5.89. The van der Waals surface area contributed by atoms with Crippen molar-refractivity contribution >= 4 is 18.3 Å². The molecule has 100 valence electrons. The van der Waals surface area contributed by atoms with Crippen LogP contribution in [0.2, 0.25) is 0 Å². The molecule has 1 fully saturated rings. The Morgan fingerprint density at radius 2 is 2.11 bits per heavy atom. The first kappa shape index (κ1) is 13.1. The van der Waals surface area contributed by atoms with E-state index in [1.165, 1.54) is 12.0 Å². The summed E-state index contributed by atoms with van der Waals surface area (Å²) < 4.78 is 9.46. The van der Waals surface area contributed by atoms with Crippen LogP contribution in [0.4, 0.5) is 4.79 Å². The highest BCUT2D eigenvalue weighted by atomic mass is 16.6. The minimum atomic E-state index is -1.12. The maximum atomic E-state index is 11.7. The molecule has 1 amide bonds. The van der Waals surface area contributed by atoms with Gasteiger partial charge in [-0.15, -0.1) is 0 Å². The Kier molecular flexibility index (Phi) is 3.79. The van der Waals surface area contributed by atoms with Crippen LogP contribution in [0.5, 0.6) is 0 Å². The summed E-state index contributed by atoms with van der Waals surface area (Å²) in [6, 6.07) is 8.08. The lowest BCUT2D eigenvalue weighted by molar-refractivity contribution is -0.147. The molecular formula is C13H13NO5. The maximum Gasteiger partial charge on any atom is 0.411 e. The molecular weight excluding hydrogens is 250 g/mol. The number of hydrogen-bond donors (Lipinski definition) is 0. The van der Waals surface area contributed by atoms with Gasteiger partial charge in [-0.05, 0) is 5.56 Å². The summed E-state index contributed by atoms with van der Waals surface area (Å²) in [4.78, 5) is 35.5. The third kappa shape index (κ3) is 2.57. The van der Waals surface area contributed by atoms with Crippen molar-refractivity contribution in [2.75, 3.05) is 7.11 Å². The van der Waals surface area contributed by atoms with Crippen LogP contribution in [-0.4, -0.2) is 42.5 Å². The number of carbonyl (C=O) groups excluding carboxylic acids is 3. The highest BCUT2D eigenvalue weighted by Gasteiger charge is 2.46. The molecule has 1 aromatic carbocycles. The average Bonchev–Trinajstić information content (AvgIpc) is 2.76. The summed E-state index contributed by atoms with van der Waals surface area (Å²) in [7, 11) is 1.20. The molecule has 0 saturated carbocycles. The largest absolute Gasteiger partial charge is 0.467 e. The minimum absolute atomic E-state index is 0.184. The first-order valence-electron chi connectivity index (χ1n) is 5.71. The molecule has 2 atom stereocenters. The average molecular weight is 263 g/mol. The number of hydrogen-bond acceptors (Lipinski definition) is 5. The molecule has 0 bridgehead atoms. The third-order valence-corrected chi connectivity index (χ3v) is 2.89. The zero-order valence-corrected chi connectivity index (χ0v) is 10.3. The molecule has 1 aliphatic heterocycles. The van der Waals surface area contributed by atoms with Gasteiger partial charge in [-0.25, -0.2) is 9.59 Å². The predicted octanol–water partition coefficient (Wildman–Crippen LogP) is 0.748. The number of carbonyl (C=O) groups is 3. The number of aldehydes is 1. The van der Waals surface area contributed by atoms with E-state index in [1.807, 2.05) is 30.3 Å². The highest BCUT2D eigenvalue weighted by Crippen LogP contribution is 2.22. The maximum absolute atomic E-state index is 11.7. The van der Waals surface area contributed by atoms with Crippen molar-refractivity contribution < 1.29 is 23.9 Å².